The van der Waals surface area contributed by atoms with E-state index in [-0.39, 0.29) is 5.92 Å². The molecule has 1 aromatic rings. The number of ether oxygens (including phenoxy) is 1. The Morgan fingerprint density at radius 2 is 2.05 bits per heavy atom. The summed E-state index contributed by atoms with van der Waals surface area (Å²) in [5.41, 5.74) is 8.75. The summed E-state index contributed by atoms with van der Waals surface area (Å²) < 4.78 is 32.9. The van der Waals surface area contributed by atoms with Crippen molar-refractivity contribution in [2.24, 2.45) is 5.92 Å². The van der Waals surface area contributed by atoms with Gasteiger partial charge < -0.3 is 10.5 Å². The van der Waals surface area contributed by atoms with Crippen LogP contribution in [0.15, 0.2) is 11.0 Å². The number of hydrogen-bond acceptors (Lipinski definition) is 4. The Labute approximate surface area is 120 Å². The molecule has 1 atom stereocenters. The van der Waals surface area contributed by atoms with Crippen LogP contribution in [0.5, 0.6) is 0 Å². The molecule has 2 rings (SSSR count). The second kappa shape index (κ2) is 5.71. The smallest absolute Gasteiger partial charge is 0.241 e. The van der Waals surface area contributed by atoms with Crippen molar-refractivity contribution in [2.45, 2.75) is 32.1 Å². The fourth-order valence-corrected chi connectivity index (χ4v) is 4.23. The van der Waals surface area contributed by atoms with Crippen LogP contribution < -0.4 is 10.5 Å². The summed E-state index contributed by atoms with van der Waals surface area (Å²) in [6, 6.07) is 1.82. The monoisotopic (exact) mass is 298 g/mol. The summed E-state index contributed by atoms with van der Waals surface area (Å²) in [6.45, 7) is 7.18. The van der Waals surface area contributed by atoms with Gasteiger partial charge >= 0.3 is 0 Å². The van der Waals surface area contributed by atoms with Crippen LogP contribution in [0, 0.1) is 26.7 Å². The van der Waals surface area contributed by atoms with E-state index in [1.165, 1.54) is 0 Å². The van der Waals surface area contributed by atoms with E-state index in [0.717, 1.165) is 17.5 Å². The van der Waals surface area contributed by atoms with Crippen molar-refractivity contribution in [3.8, 4) is 0 Å². The van der Waals surface area contributed by atoms with Crippen LogP contribution in [0.25, 0.3) is 0 Å². The van der Waals surface area contributed by atoms with Crippen LogP contribution in [-0.2, 0) is 14.8 Å². The highest BCUT2D eigenvalue weighted by Gasteiger charge is 2.24. The fourth-order valence-electron chi connectivity index (χ4n) is 2.64. The number of hydrogen-bond donors (Lipinski definition) is 2. The zero-order valence-electron chi connectivity index (χ0n) is 12.2. The molecule has 1 fully saturated rings. The van der Waals surface area contributed by atoms with E-state index in [1.54, 1.807) is 13.8 Å². The summed E-state index contributed by atoms with van der Waals surface area (Å²) in [5.74, 6) is 0.258. The third-order valence-electron chi connectivity index (χ3n) is 3.82. The molecule has 1 aliphatic heterocycles. The van der Waals surface area contributed by atoms with Crippen LogP contribution in [0.4, 0.5) is 5.69 Å². The highest BCUT2D eigenvalue weighted by atomic mass is 32.2. The summed E-state index contributed by atoms with van der Waals surface area (Å²) in [4.78, 5) is 0.305. The third kappa shape index (κ3) is 2.97. The summed E-state index contributed by atoms with van der Waals surface area (Å²) in [6.07, 6.45) is 0.899. The van der Waals surface area contributed by atoms with Crippen molar-refractivity contribution < 1.29 is 13.2 Å². The number of rotatable bonds is 4. The number of nitrogens with two attached hydrogens (primary N) is 1. The molecule has 0 bridgehead atoms. The Hall–Kier alpha value is -1.11. The van der Waals surface area contributed by atoms with Gasteiger partial charge in [0.05, 0.1) is 11.5 Å². The van der Waals surface area contributed by atoms with E-state index in [0.29, 0.717) is 35.9 Å². The van der Waals surface area contributed by atoms with Gasteiger partial charge in [-0.05, 0) is 49.8 Å². The standard InChI is InChI=1S/C14H22N2O3S/c1-9-6-10(2)14(11(3)13(9)15)20(17,18)16-7-12-4-5-19-8-12/h6,12,16H,4-5,7-8,15H2,1-3H3. The first-order chi connectivity index (χ1) is 9.33. The van der Waals surface area contributed by atoms with E-state index < -0.39 is 10.0 Å². The SMILES string of the molecule is Cc1cc(C)c(S(=O)(=O)NCC2CCOC2)c(C)c1N. The van der Waals surface area contributed by atoms with Gasteiger partial charge in [-0.1, -0.05) is 6.07 Å². The molecule has 0 spiro atoms. The first-order valence-corrected chi connectivity index (χ1v) is 8.25. The summed E-state index contributed by atoms with van der Waals surface area (Å²) >= 11 is 0. The summed E-state index contributed by atoms with van der Waals surface area (Å²) in [5, 5.41) is 0. The van der Waals surface area contributed by atoms with Crippen molar-refractivity contribution >= 4 is 15.7 Å². The molecular weight excluding hydrogens is 276 g/mol. The molecule has 1 aromatic carbocycles. The molecule has 1 saturated heterocycles. The van der Waals surface area contributed by atoms with Gasteiger partial charge in [-0.2, -0.15) is 0 Å². The molecule has 3 N–H and O–H groups in total. The highest BCUT2D eigenvalue weighted by Crippen LogP contribution is 2.28. The number of nitrogens with one attached hydrogen (secondary N) is 1. The predicted molar refractivity (Wildman–Crippen MR) is 79.2 cm³/mol. The van der Waals surface area contributed by atoms with E-state index in [9.17, 15) is 8.42 Å². The Morgan fingerprint density at radius 1 is 1.35 bits per heavy atom. The maximum Gasteiger partial charge on any atom is 0.241 e. The lowest BCUT2D eigenvalue weighted by Crippen LogP contribution is -2.30. The van der Waals surface area contributed by atoms with Gasteiger partial charge in [0.15, 0.2) is 0 Å². The molecule has 5 nitrogen and oxygen atoms in total. The van der Waals surface area contributed by atoms with Crippen molar-refractivity contribution in [3.05, 3.63) is 22.8 Å². The van der Waals surface area contributed by atoms with Crippen LogP contribution >= 0.6 is 0 Å². The Balaban J connectivity index is 2.27. The fraction of sp³-hybridized carbons (Fsp3) is 0.571. The molecule has 0 aliphatic carbocycles. The maximum atomic E-state index is 12.5. The minimum Gasteiger partial charge on any atom is -0.398 e. The van der Waals surface area contributed by atoms with E-state index in [1.807, 2.05) is 13.0 Å². The number of benzene rings is 1. The Bertz CT molecular complexity index is 605. The van der Waals surface area contributed by atoms with E-state index in [4.69, 9.17) is 10.5 Å². The van der Waals surface area contributed by atoms with Crippen LogP contribution in [0.2, 0.25) is 0 Å². The normalized spacial score (nSPS) is 19.4. The molecule has 112 valence electrons. The molecule has 1 aliphatic rings. The predicted octanol–water partition coefficient (Wildman–Crippen LogP) is 1.51. The Kier molecular flexibility index (Phi) is 4.36. The Morgan fingerprint density at radius 3 is 2.65 bits per heavy atom. The lowest BCUT2D eigenvalue weighted by molar-refractivity contribution is 0.186. The lowest BCUT2D eigenvalue weighted by atomic mass is 10.1. The van der Waals surface area contributed by atoms with E-state index >= 15 is 0 Å². The van der Waals surface area contributed by atoms with Gasteiger partial charge in [0.2, 0.25) is 10.0 Å². The first kappa shape index (κ1) is 15.3. The zero-order valence-corrected chi connectivity index (χ0v) is 13.0. The average molecular weight is 298 g/mol. The minimum atomic E-state index is -3.53. The summed E-state index contributed by atoms with van der Waals surface area (Å²) in [7, 11) is -3.53. The molecule has 0 amide bonds. The lowest BCUT2D eigenvalue weighted by Gasteiger charge is -2.16. The number of sulfonamides is 1. The van der Waals surface area contributed by atoms with Gasteiger partial charge in [-0.25, -0.2) is 13.1 Å². The maximum absolute atomic E-state index is 12.5. The molecule has 20 heavy (non-hydrogen) atoms. The second-order valence-corrected chi connectivity index (χ2v) is 7.16. The molecule has 0 aromatic heterocycles. The van der Waals surface area contributed by atoms with Crippen molar-refractivity contribution in [1.29, 1.82) is 0 Å². The van der Waals surface area contributed by atoms with Gasteiger partial charge in [0.1, 0.15) is 0 Å². The molecular formula is C14H22N2O3S. The quantitative estimate of drug-likeness (QED) is 0.826. The number of anilines is 1. The largest absolute Gasteiger partial charge is 0.398 e. The first-order valence-electron chi connectivity index (χ1n) is 6.76. The van der Waals surface area contributed by atoms with Crippen molar-refractivity contribution in [1.82, 2.24) is 4.72 Å². The van der Waals surface area contributed by atoms with Gasteiger partial charge in [-0.3, -0.25) is 0 Å². The van der Waals surface area contributed by atoms with Gasteiger partial charge in [0, 0.05) is 18.8 Å². The zero-order chi connectivity index (χ0) is 14.9. The third-order valence-corrected chi connectivity index (χ3v) is 5.53. The van der Waals surface area contributed by atoms with Crippen LogP contribution in [-0.4, -0.2) is 28.2 Å². The van der Waals surface area contributed by atoms with Gasteiger partial charge in [-0.15, -0.1) is 0 Å². The van der Waals surface area contributed by atoms with Gasteiger partial charge in [0.25, 0.3) is 0 Å². The van der Waals surface area contributed by atoms with Crippen molar-refractivity contribution in [3.63, 3.8) is 0 Å². The second-order valence-electron chi connectivity index (χ2n) is 5.46. The molecule has 1 heterocycles. The van der Waals surface area contributed by atoms with Crippen LogP contribution in [0.1, 0.15) is 23.1 Å². The van der Waals surface area contributed by atoms with E-state index in [2.05, 4.69) is 4.72 Å². The molecule has 0 radical (unpaired) electrons. The number of aryl methyl sites for hydroxylation is 2. The molecule has 1 unspecified atom stereocenters. The minimum absolute atomic E-state index is 0.258. The van der Waals surface area contributed by atoms with Crippen molar-refractivity contribution in [2.75, 3.05) is 25.5 Å². The highest BCUT2D eigenvalue weighted by molar-refractivity contribution is 7.89. The average Bonchev–Trinajstić information content (AvgIpc) is 2.86. The number of nitrogen functional groups attached to an aromatic ring is 1. The topological polar surface area (TPSA) is 81.4 Å². The molecule has 6 heteroatoms. The molecule has 0 saturated carbocycles. The van der Waals surface area contributed by atoms with Crippen LogP contribution in [0.3, 0.4) is 0 Å².